The van der Waals surface area contributed by atoms with Crippen molar-refractivity contribution < 1.29 is 14.0 Å². The monoisotopic (exact) mass is 322 g/mol. The molecule has 0 amide bonds. The van der Waals surface area contributed by atoms with Gasteiger partial charge in [-0.05, 0) is 44.5 Å². The summed E-state index contributed by atoms with van der Waals surface area (Å²) in [7, 11) is -0.306. The van der Waals surface area contributed by atoms with Crippen LogP contribution in [0.15, 0.2) is 30.3 Å². The fourth-order valence-electron chi connectivity index (χ4n) is 2.90. The zero-order valence-electron chi connectivity index (χ0n) is 14.6. The number of aryl methyl sites for hydroxylation is 1. The molecule has 0 aliphatic heterocycles. The van der Waals surface area contributed by atoms with E-state index in [0.29, 0.717) is 6.42 Å². The number of carbonyl (C=O) groups is 1. The van der Waals surface area contributed by atoms with Gasteiger partial charge in [0, 0.05) is 0 Å². The first-order valence-electron chi connectivity index (χ1n) is 8.11. The van der Waals surface area contributed by atoms with Gasteiger partial charge >= 0.3 is 5.97 Å². The molecule has 0 aliphatic rings. The predicted molar refractivity (Wildman–Crippen MR) is 93.5 cm³/mol. The van der Waals surface area contributed by atoms with Crippen molar-refractivity contribution in [1.29, 1.82) is 0 Å². The smallest absolute Gasteiger partial charge is 0.308 e. The molecule has 0 saturated heterocycles. The molecule has 0 saturated carbocycles. The highest BCUT2D eigenvalue weighted by molar-refractivity contribution is 6.69. The molecule has 1 unspecified atom stereocenters. The minimum atomic E-state index is -1.76. The third-order valence-corrected chi connectivity index (χ3v) is 4.68. The molecule has 22 heavy (non-hydrogen) atoms. The van der Waals surface area contributed by atoms with E-state index in [1.54, 1.807) is 0 Å². The van der Waals surface area contributed by atoms with Crippen molar-refractivity contribution in [3.05, 3.63) is 35.9 Å². The lowest BCUT2D eigenvalue weighted by molar-refractivity contribution is -0.146. The van der Waals surface area contributed by atoms with Gasteiger partial charge < -0.3 is 9.16 Å². The third-order valence-electron chi connectivity index (χ3n) is 3.63. The van der Waals surface area contributed by atoms with Crippen LogP contribution in [0.25, 0.3) is 0 Å². The molecule has 4 heteroatoms. The standard InChI is InChI=1S/C18H30O3Si/c1-6-13-18(15-17(19)20-2,21-22(3,4)5)14-12-16-10-8-7-9-11-16/h7-11H,6,12-15H2,1-5H3. The van der Waals surface area contributed by atoms with Crippen LogP contribution in [-0.4, -0.2) is 27.0 Å². The Morgan fingerprint density at radius 1 is 1.14 bits per heavy atom. The van der Waals surface area contributed by atoms with Crippen molar-refractivity contribution in [1.82, 2.24) is 0 Å². The van der Waals surface area contributed by atoms with Gasteiger partial charge in [-0.3, -0.25) is 4.79 Å². The summed E-state index contributed by atoms with van der Waals surface area (Å²) in [6, 6.07) is 10.4. The molecule has 1 atom stereocenters. The number of esters is 1. The average molecular weight is 323 g/mol. The molecule has 0 spiro atoms. The Hall–Kier alpha value is -1.13. The van der Waals surface area contributed by atoms with Crippen molar-refractivity contribution in [3.8, 4) is 0 Å². The minimum Gasteiger partial charge on any atom is -0.469 e. The van der Waals surface area contributed by atoms with Crippen molar-refractivity contribution >= 4 is 14.3 Å². The number of rotatable bonds is 9. The summed E-state index contributed by atoms with van der Waals surface area (Å²) in [5.41, 5.74) is 0.884. The number of benzene rings is 1. The molecule has 0 aromatic heterocycles. The van der Waals surface area contributed by atoms with E-state index in [-0.39, 0.29) is 5.97 Å². The highest BCUT2D eigenvalue weighted by atomic mass is 28.4. The fraction of sp³-hybridized carbons (Fsp3) is 0.611. The van der Waals surface area contributed by atoms with E-state index < -0.39 is 13.9 Å². The molecule has 124 valence electrons. The second-order valence-electron chi connectivity index (χ2n) is 6.89. The molecular formula is C18H30O3Si. The highest BCUT2D eigenvalue weighted by Crippen LogP contribution is 2.32. The Morgan fingerprint density at radius 2 is 1.77 bits per heavy atom. The van der Waals surface area contributed by atoms with Crippen molar-refractivity contribution in [2.24, 2.45) is 0 Å². The maximum absolute atomic E-state index is 11.9. The zero-order valence-corrected chi connectivity index (χ0v) is 15.6. The first-order chi connectivity index (χ1) is 10.3. The van der Waals surface area contributed by atoms with E-state index in [0.717, 1.165) is 25.7 Å². The Bertz CT molecular complexity index is 453. The summed E-state index contributed by atoms with van der Waals surface area (Å²) >= 11 is 0. The Labute approximate surface area is 136 Å². The third kappa shape index (κ3) is 6.75. The van der Waals surface area contributed by atoms with Gasteiger partial charge in [-0.2, -0.15) is 0 Å². The quantitative estimate of drug-likeness (QED) is 0.493. The van der Waals surface area contributed by atoms with Gasteiger partial charge in [0.25, 0.3) is 0 Å². The van der Waals surface area contributed by atoms with Gasteiger partial charge in [0.15, 0.2) is 8.32 Å². The van der Waals surface area contributed by atoms with Crippen molar-refractivity contribution in [2.75, 3.05) is 7.11 Å². The Kier molecular flexibility index (Phi) is 7.30. The van der Waals surface area contributed by atoms with Crippen LogP contribution in [-0.2, 0) is 20.4 Å². The van der Waals surface area contributed by atoms with Crippen molar-refractivity contribution in [3.63, 3.8) is 0 Å². The first-order valence-corrected chi connectivity index (χ1v) is 11.5. The molecule has 0 heterocycles. The van der Waals surface area contributed by atoms with Crippen LogP contribution in [0, 0.1) is 0 Å². The maximum Gasteiger partial charge on any atom is 0.308 e. The van der Waals surface area contributed by atoms with E-state index in [1.165, 1.54) is 12.7 Å². The molecule has 3 nitrogen and oxygen atoms in total. The van der Waals surface area contributed by atoms with E-state index in [4.69, 9.17) is 9.16 Å². The van der Waals surface area contributed by atoms with Crippen LogP contribution in [0.3, 0.4) is 0 Å². The van der Waals surface area contributed by atoms with E-state index >= 15 is 0 Å². The second-order valence-corrected chi connectivity index (χ2v) is 11.3. The lowest BCUT2D eigenvalue weighted by atomic mass is 9.87. The maximum atomic E-state index is 11.9. The first kappa shape index (κ1) is 18.9. The summed E-state index contributed by atoms with van der Waals surface area (Å²) in [6.45, 7) is 8.67. The summed E-state index contributed by atoms with van der Waals surface area (Å²) in [6.07, 6.45) is 4.00. The largest absolute Gasteiger partial charge is 0.469 e. The van der Waals surface area contributed by atoms with E-state index in [1.807, 2.05) is 6.07 Å². The van der Waals surface area contributed by atoms with Gasteiger partial charge in [-0.25, -0.2) is 0 Å². The fourth-order valence-corrected chi connectivity index (χ4v) is 4.47. The molecule has 1 aromatic rings. The number of hydrogen-bond acceptors (Lipinski definition) is 3. The van der Waals surface area contributed by atoms with Crippen LogP contribution >= 0.6 is 0 Å². The number of hydrogen-bond donors (Lipinski definition) is 0. The second kappa shape index (κ2) is 8.49. The van der Waals surface area contributed by atoms with Gasteiger partial charge in [0.1, 0.15) is 0 Å². The molecule has 1 rings (SSSR count). The highest BCUT2D eigenvalue weighted by Gasteiger charge is 2.37. The van der Waals surface area contributed by atoms with E-state index in [2.05, 4.69) is 50.8 Å². The Morgan fingerprint density at radius 3 is 2.27 bits per heavy atom. The van der Waals surface area contributed by atoms with Gasteiger partial charge in [0.05, 0.1) is 19.1 Å². The SMILES string of the molecule is CCCC(CCc1ccccc1)(CC(=O)OC)O[Si](C)(C)C. The van der Waals surface area contributed by atoms with Crippen LogP contribution in [0.2, 0.25) is 19.6 Å². The lowest BCUT2D eigenvalue weighted by Gasteiger charge is -2.39. The van der Waals surface area contributed by atoms with Crippen LogP contribution in [0.4, 0.5) is 0 Å². The van der Waals surface area contributed by atoms with Gasteiger partial charge in [-0.1, -0.05) is 43.7 Å². The van der Waals surface area contributed by atoms with Crippen LogP contribution in [0.5, 0.6) is 0 Å². The normalized spacial score (nSPS) is 14.4. The summed E-state index contributed by atoms with van der Waals surface area (Å²) in [4.78, 5) is 11.9. The van der Waals surface area contributed by atoms with Gasteiger partial charge in [-0.15, -0.1) is 0 Å². The zero-order chi connectivity index (χ0) is 16.6. The lowest BCUT2D eigenvalue weighted by Crippen LogP contribution is -2.45. The Balaban J connectivity index is 2.92. The van der Waals surface area contributed by atoms with Gasteiger partial charge in [0.2, 0.25) is 0 Å². The molecule has 0 bridgehead atoms. The summed E-state index contributed by atoms with van der Waals surface area (Å²) in [5, 5.41) is 0. The summed E-state index contributed by atoms with van der Waals surface area (Å²) in [5.74, 6) is -0.181. The molecule has 1 aromatic carbocycles. The minimum absolute atomic E-state index is 0.181. The molecular weight excluding hydrogens is 292 g/mol. The number of methoxy groups -OCH3 is 1. The molecule has 0 aliphatic carbocycles. The average Bonchev–Trinajstić information content (AvgIpc) is 2.44. The topological polar surface area (TPSA) is 35.5 Å². The number of ether oxygens (including phenoxy) is 1. The van der Waals surface area contributed by atoms with E-state index in [9.17, 15) is 4.79 Å². The molecule has 0 radical (unpaired) electrons. The molecule has 0 fully saturated rings. The summed E-state index contributed by atoms with van der Waals surface area (Å²) < 4.78 is 11.4. The predicted octanol–water partition coefficient (Wildman–Crippen LogP) is 4.57. The van der Waals surface area contributed by atoms with Crippen LogP contribution in [0.1, 0.15) is 38.2 Å². The van der Waals surface area contributed by atoms with Crippen LogP contribution < -0.4 is 0 Å². The van der Waals surface area contributed by atoms with Crippen molar-refractivity contribution in [2.45, 2.75) is 64.3 Å². The molecule has 0 N–H and O–H groups in total. The number of carbonyl (C=O) groups excluding carboxylic acids is 1.